The first-order chi connectivity index (χ1) is 14.3. The van der Waals surface area contributed by atoms with Crippen LogP contribution in [0.1, 0.15) is 51.8 Å². The van der Waals surface area contributed by atoms with Crippen LogP contribution >= 0.6 is 11.3 Å². The SMILES string of the molecule is [2H]C([2H])([2H])C([2H])(C([2H])([2H])[2H])C([2H])([2H])Oc1ccc(-c2nc(C)c(C(=O)O)s2)cc1C(=O)O. The molecular weight excluding hydrogens is 318 g/mol. The van der Waals surface area contributed by atoms with E-state index in [9.17, 15) is 14.7 Å². The maximum absolute atomic E-state index is 11.7. The molecule has 2 N–H and O–H groups in total. The minimum Gasteiger partial charge on any atom is -0.492 e. The molecule has 1 aromatic carbocycles. The second-order valence-corrected chi connectivity index (χ2v) is 5.33. The summed E-state index contributed by atoms with van der Waals surface area (Å²) in [5, 5.41) is 18.8. The van der Waals surface area contributed by atoms with Crippen LogP contribution in [0, 0.1) is 12.8 Å². The van der Waals surface area contributed by atoms with Gasteiger partial charge in [0.15, 0.2) is 0 Å². The van der Waals surface area contributed by atoms with Gasteiger partial charge in [-0.2, -0.15) is 0 Å². The van der Waals surface area contributed by atoms with Gasteiger partial charge in [-0.15, -0.1) is 11.3 Å². The number of aromatic nitrogens is 1. The number of nitrogens with zero attached hydrogens (tertiary/aromatic N) is 1. The third-order valence-electron chi connectivity index (χ3n) is 2.71. The van der Waals surface area contributed by atoms with E-state index in [1.165, 1.54) is 13.0 Å². The van der Waals surface area contributed by atoms with Gasteiger partial charge in [0.2, 0.25) is 0 Å². The van der Waals surface area contributed by atoms with Crippen molar-refractivity contribution in [1.29, 1.82) is 0 Å². The van der Waals surface area contributed by atoms with Gasteiger partial charge in [-0.05, 0) is 31.0 Å². The predicted octanol–water partition coefficient (Wildman–Crippen LogP) is 3.55. The Morgan fingerprint density at radius 3 is 2.74 bits per heavy atom. The standard InChI is InChI=1S/C16H17NO5S/c1-8(2)7-22-12-5-4-10(6-11(12)15(18)19)14-17-9(3)13(23-14)16(20)21/h4-6,8H,7H2,1-3H3,(H,18,19)(H,20,21)/i1D3,2D3,7D2,8D. The maximum atomic E-state index is 11.7. The lowest BCUT2D eigenvalue weighted by Gasteiger charge is -2.11. The lowest BCUT2D eigenvalue weighted by Crippen LogP contribution is -2.08. The number of aromatic carboxylic acids is 2. The summed E-state index contributed by atoms with van der Waals surface area (Å²) in [6.07, 6.45) is 0. The van der Waals surface area contributed by atoms with Gasteiger partial charge in [0.1, 0.15) is 21.2 Å². The third-order valence-corrected chi connectivity index (χ3v) is 3.91. The monoisotopic (exact) mass is 344 g/mol. The average Bonchev–Trinajstić information content (AvgIpc) is 3.00. The fourth-order valence-corrected chi connectivity index (χ4v) is 2.64. The molecule has 122 valence electrons. The van der Waals surface area contributed by atoms with E-state index in [4.69, 9.17) is 22.2 Å². The molecule has 0 fully saturated rings. The van der Waals surface area contributed by atoms with E-state index in [2.05, 4.69) is 4.98 Å². The van der Waals surface area contributed by atoms with Crippen molar-refractivity contribution in [2.24, 2.45) is 5.89 Å². The van der Waals surface area contributed by atoms with E-state index in [-0.39, 0.29) is 21.1 Å². The first-order valence-corrected chi connectivity index (χ1v) is 6.92. The highest BCUT2D eigenvalue weighted by molar-refractivity contribution is 7.17. The molecule has 2 aromatic rings. The number of rotatable bonds is 6. The Bertz CT molecular complexity index is 1050. The first kappa shape index (κ1) is 8.44. The van der Waals surface area contributed by atoms with Gasteiger partial charge in [0, 0.05) is 15.2 Å². The van der Waals surface area contributed by atoms with Crippen molar-refractivity contribution in [2.75, 3.05) is 6.56 Å². The van der Waals surface area contributed by atoms with E-state index in [1.807, 2.05) is 0 Å². The summed E-state index contributed by atoms with van der Waals surface area (Å²) in [7, 11) is 0. The van der Waals surface area contributed by atoms with Gasteiger partial charge >= 0.3 is 11.9 Å². The molecule has 23 heavy (non-hydrogen) atoms. The molecule has 0 bridgehead atoms. The summed E-state index contributed by atoms with van der Waals surface area (Å²) < 4.78 is 73.1. The van der Waals surface area contributed by atoms with Gasteiger partial charge in [-0.1, -0.05) is 13.7 Å². The van der Waals surface area contributed by atoms with E-state index < -0.39 is 49.4 Å². The largest absolute Gasteiger partial charge is 0.492 e. The van der Waals surface area contributed by atoms with Crippen LogP contribution in [0.25, 0.3) is 10.6 Å². The lowest BCUT2D eigenvalue weighted by molar-refractivity contribution is 0.0684. The minimum absolute atomic E-state index is 0.0668. The average molecular weight is 344 g/mol. The van der Waals surface area contributed by atoms with Crippen LogP contribution < -0.4 is 4.74 Å². The predicted molar refractivity (Wildman–Crippen MR) is 86.5 cm³/mol. The fourth-order valence-electron chi connectivity index (χ4n) is 1.74. The summed E-state index contributed by atoms with van der Waals surface area (Å²) in [6.45, 7) is -9.53. The third kappa shape index (κ3) is 3.87. The van der Waals surface area contributed by atoms with Crippen molar-refractivity contribution in [3.05, 3.63) is 34.3 Å². The second kappa shape index (κ2) is 6.78. The van der Waals surface area contributed by atoms with E-state index >= 15 is 0 Å². The van der Waals surface area contributed by atoms with E-state index in [0.29, 0.717) is 0 Å². The molecule has 6 nitrogen and oxygen atoms in total. The van der Waals surface area contributed by atoms with Crippen LogP contribution in [0.4, 0.5) is 0 Å². The highest BCUT2D eigenvalue weighted by Gasteiger charge is 2.18. The zero-order chi connectivity index (χ0) is 24.9. The van der Waals surface area contributed by atoms with Crippen LogP contribution in [0.2, 0.25) is 0 Å². The molecule has 0 amide bonds. The van der Waals surface area contributed by atoms with Crippen LogP contribution in [0.5, 0.6) is 5.75 Å². The van der Waals surface area contributed by atoms with Crippen molar-refractivity contribution >= 4 is 23.3 Å². The Labute approximate surface area is 150 Å². The number of carboxylic acids is 2. The topological polar surface area (TPSA) is 96.7 Å². The quantitative estimate of drug-likeness (QED) is 0.832. The first-order valence-electron chi connectivity index (χ1n) is 10.6. The normalized spacial score (nSPS) is 18.7. The van der Waals surface area contributed by atoms with Crippen LogP contribution in [0.3, 0.4) is 0 Å². The number of hydrogen-bond donors (Lipinski definition) is 2. The Hall–Kier alpha value is -2.41. The van der Waals surface area contributed by atoms with Gasteiger partial charge in [0.05, 0.1) is 15.0 Å². The molecule has 0 radical (unpaired) electrons. The molecule has 0 saturated carbocycles. The Balaban J connectivity index is 2.58. The molecule has 0 aliphatic rings. The van der Waals surface area contributed by atoms with Gasteiger partial charge in [-0.3, -0.25) is 0 Å². The second-order valence-electron chi connectivity index (χ2n) is 4.33. The molecule has 1 aromatic heterocycles. The number of hydrogen-bond acceptors (Lipinski definition) is 5. The fraction of sp³-hybridized carbons (Fsp3) is 0.312. The molecule has 0 unspecified atom stereocenters. The number of benzene rings is 1. The molecule has 7 heteroatoms. The number of ether oxygens (including phenoxy) is 1. The zero-order valence-electron chi connectivity index (χ0n) is 20.7. The Morgan fingerprint density at radius 2 is 2.17 bits per heavy atom. The number of carbonyl (C=O) groups is 2. The summed E-state index contributed by atoms with van der Waals surface area (Å²) in [5.74, 6) is -7.31. The summed E-state index contributed by atoms with van der Waals surface area (Å²) in [4.78, 5) is 26.9. The molecule has 0 spiro atoms. The molecule has 0 saturated heterocycles. The molecule has 0 aliphatic heterocycles. The lowest BCUT2D eigenvalue weighted by atomic mass is 10.1. The van der Waals surface area contributed by atoms with Crippen LogP contribution in [-0.2, 0) is 0 Å². The zero-order valence-corrected chi connectivity index (χ0v) is 12.5. The van der Waals surface area contributed by atoms with Gasteiger partial charge in [-0.25, -0.2) is 14.6 Å². The highest BCUT2D eigenvalue weighted by atomic mass is 32.1. The van der Waals surface area contributed by atoms with Crippen molar-refractivity contribution in [1.82, 2.24) is 4.98 Å². The Morgan fingerprint density at radius 1 is 1.43 bits per heavy atom. The van der Waals surface area contributed by atoms with Crippen molar-refractivity contribution in [3.8, 4) is 16.3 Å². The Kier molecular flexibility index (Phi) is 2.49. The van der Waals surface area contributed by atoms with Crippen molar-refractivity contribution in [2.45, 2.75) is 20.6 Å². The van der Waals surface area contributed by atoms with Crippen LogP contribution in [0.15, 0.2) is 18.2 Å². The van der Waals surface area contributed by atoms with E-state index in [0.717, 1.165) is 23.5 Å². The van der Waals surface area contributed by atoms with Crippen molar-refractivity contribution in [3.63, 3.8) is 0 Å². The molecule has 0 aliphatic carbocycles. The smallest absolute Gasteiger partial charge is 0.347 e. The number of carboxylic acid groups (broad SMARTS) is 2. The molecule has 1 heterocycles. The number of aryl methyl sites for hydroxylation is 1. The molecule has 0 atom stereocenters. The molecule has 2 rings (SSSR count). The number of thiazole rings is 1. The van der Waals surface area contributed by atoms with E-state index in [1.54, 1.807) is 0 Å². The van der Waals surface area contributed by atoms with Crippen LogP contribution in [-0.4, -0.2) is 33.7 Å². The van der Waals surface area contributed by atoms with Crippen molar-refractivity contribution < 1.29 is 36.9 Å². The van der Waals surface area contributed by atoms with Gasteiger partial charge in [0.25, 0.3) is 0 Å². The summed E-state index contributed by atoms with van der Waals surface area (Å²) in [6, 6.07) is 3.17. The molecular formula is C16H17NO5S. The summed E-state index contributed by atoms with van der Waals surface area (Å²) >= 11 is 0.774. The van der Waals surface area contributed by atoms with Gasteiger partial charge < -0.3 is 14.9 Å². The maximum Gasteiger partial charge on any atom is 0.347 e. The minimum atomic E-state index is -3.75. The summed E-state index contributed by atoms with van der Waals surface area (Å²) in [5.41, 5.74) is -0.324. The highest BCUT2D eigenvalue weighted by Crippen LogP contribution is 2.31.